The second-order valence-corrected chi connectivity index (χ2v) is 17.0. The Bertz CT molecular complexity index is 1750. The number of anilines is 2. The summed E-state index contributed by atoms with van der Waals surface area (Å²) < 4.78 is 5.91. The van der Waals surface area contributed by atoms with Crippen LogP contribution in [-0.2, 0) is 49.6 Å². The number of likely N-dealkylation sites (tertiary alicyclic amines) is 1. The van der Waals surface area contributed by atoms with E-state index in [1.807, 2.05) is 12.1 Å². The number of aromatic nitrogens is 2. The van der Waals surface area contributed by atoms with E-state index in [1.165, 1.54) is 12.5 Å². The molecule has 3 unspecified atom stereocenters. The van der Waals surface area contributed by atoms with E-state index in [-0.39, 0.29) is 25.2 Å². The van der Waals surface area contributed by atoms with E-state index in [0.717, 1.165) is 87.5 Å². The fourth-order valence-electron chi connectivity index (χ4n) is 8.39. The van der Waals surface area contributed by atoms with Gasteiger partial charge in [0, 0.05) is 56.8 Å². The van der Waals surface area contributed by atoms with E-state index in [2.05, 4.69) is 38.3 Å². The second-order valence-electron chi connectivity index (χ2n) is 17.0. The van der Waals surface area contributed by atoms with Gasteiger partial charge in [0.25, 0.3) is 0 Å². The first kappa shape index (κ1) is 45.7. The van der Waals surface area contributed by atoms with E-state index in [4.69, 9.17) is 14.7 Å². The number of nitrogens with one attached hydrogen (secondary N) is 4. The van der Waals surface area contributed by atoms with Crippen LogP contribution in [0.25, 0.3) is 0 Å². The van der Waals surface area contributed by atoms with E-state index < -0.39 is 53.2 Å². The van der Waals surface area contributed by atoms with Crippen LogP contribution in [0.3, 0.4) is 0 Å². The van der Waals surface area contributed by atoms with Crippen LogP contribution in [-0.4, -0.2) is 110 Å². The number of hydrogen-bond donors (Lipinski definition) is 7. The number of rotatable bonds is 21. The van der Waals surface area contributed by atoms with Crippen LogP contribution in [0.15, 0.2) is 24.3 Å². The van der Waals surface area contributed by atoms with E-state index in [0.29, 0.717) is 50.9 Å². The molecule has 59 heavy (non-hydrogen) atoms. The van der Waals surface area contributed by atoms with Crippen molar-refractivity contribution in [3.63, 3.8) is 0 Å². The lowest BCUT2D eigenvalue weighted by atomic mass is 9.80. The summed E-state index contributed by atoms with van der Waals surface area (Å²) in [5.41, 5.74) is 1.53. The Labute approximate surface area is 348 Å². The third kappa shape index (κ3) is 12.8. The highest BCUT2D eigenvalue weighted by Gasteiger charge is 2.43. The second kappa shape index (κ2) is 21.3. The van der Waals surface area contributed by atoms with Gasteiger partial charge in [0.2, 0.25) is 11.8 Å². The molecular weight excluding hydrogens is 755 g/mol. The Kier molecular flexibility index (Phi) is 16.5. The maximum absolute atomic E-state index is 13.3. The number of ether oxygens (including phenoxy) is 1. The quantitative estimate of drug-likeness (QED) is 0.0698. The van der Waals surface area contributed by atoms with Gasteiger partial charge in [-0.05, 0) is 120 Å². The summed E-state index contributed by atoms with van der Waals surface area (Å²) >= 11 is 0. The largest absolute Gasteiger partial charge is 0.480 e. The molecule has 326 valence electrons. The molecule has 0 aliphatic carbocycles. The molecular formula is C44H67N7O8. The number of esters is 1. The Morgan fingerprint density at radius 1 is 0.983 bits per heavy atom. The average molecular weight is 822 g/mol. The summed E-state index contributed by atoms with van der Waals surface area (Å²) in [7, 11) is 0. The zero-order valence-corrected chi connectivity index (χ0v) is 35.5. The first-order chi connectivity index (χ1) is 28.2. The normalized spacial score (nSPS) is 19.9. The molecule has 3 aliphatic heterocycles. The van der Waals surface area contributed by atoms with Gasteiger partial charge in [0.05, 0.1) is 17.1 Å². The smallest absolute Gasteiger partial charge is 0.329 e. The van der Waals surface area contributed by atoms with E-state index >= 15 is 0 Å². The van der Waals surface area contributed by atoms with Crippen LogP contribution in [0, 0.1) is 11.8 Å². The Hall–Kier alpha value is -4.34. The summed E-state index contributed by atoms with van der Waals surface area (Å²) in [6.45, 7) is 10.2. The third-order valence-corrected chi connectivity index (χ3v) is 12.6. The number of piperidine rings is 1. The molecule has 15 heteroatoms. The molecule has 15 nitrogen and oxygen atoms in total. The van der Waals surface area contributed by atoms with Gasteiger partial charge >= 0.3 is 11.9 Å². The number of aliphatic carboxylic acids is 1. The Balaban J connectivity index is 0.980. The number of aliphatic hydroxyl groups is 2. The van der Waals surface area contributed by atoms with Crippen LogP contribution in [0.1, 0.15) is 121 Å². The van der Waals surface area contributed by atoms with Gasteiger partial charge in [-0.3, -0.25) is 14.4 Å². The van der Waals surface area contributed by atoms with Gasteiger partial charge in [-0.15, -0.1) is 0 Å². The molecule has 5 heterocycles. The monoisotopic (exact) mass is 822 g/mol. The summed E-state index contributed by atoms with van der Waals surface area (Å²) in [4.78, 5) is 61.4. The number of carboxylic acids is 1. The summed E-state index contributed by atoms with van der Waals surface area (Å²) in [5.74, 6) is -1.92. The van der Waals surface area contributed by atoms with Gasteiger partial charge < -0.3 is 46.2 Å². The lowest BCUT2D eigenvalue weighted by molar-refractivity contribution is -0.165. The van der Waals surface area contributed by atoms with Crippen LogP contribution in [0.5, 0.6) is 0 Å². The molecule has 0 saturated carbocycles. The SMILES string of the molecule is CC[C@@](O)(CC[C@H](C)C(=O)NCCCc1ccc2c(n1)NC(OC(=O)C(C)C1(O)CCN(CCCCCc3ccc4c(n3)NCCC4)CC1)CC2)C(NC(C)=O)C(=O)O. The maximum Gasteiger partial charge on any atom is 0.329 e. The molecule has 3 aliphatic rings. The lowest BCUT2D eigenvalue weighted by Gasteiger charge is -2.41. The standard InChI is InChI=1S/C44H67N7O8/c1-5-43(57,37(41(54)55)47-31(4)52)21-20-29(2)40(53)46-25-10-13-35-18-15-33-16-19-36(50-39(33)49-35)59-42(56)30(3)44(58)22-27-51(28-23-44)26-8-6-7-12-34-17-14-32-11-9-24-45-38(32)48-34/h14-15,17-18,29-30,36-37,57-58H,5-13,16,19-28H2,1-4H3,(H,45,48)(H,46,53)(H,47,52)(H,49,50)(H,54,55)/t29-,30?,36?,37?,43+/m0/s1. The number of nitrogens with zero attached hydrogens (tertiary/aromatic N) is 3. The van der Waals surface area contributed by atoms with Crippen molar-refractivity contribution in [2.24, 2.45) is 11.8 Å². The number of aryl methyl sites for hydroxylation is 4. The van der Waals surface area contributed by atoms with Crippen LogP contribution in [0.4, 0.5) is 11.6 Å². The molecule has 0 spiro atoms. The van der Waals surface area contributed by atoms with Crippen molar-refractivity contribution < 1.29 is 39.2 Å². The summed E-state index contributed by atoms with van der Waals surface area (Å²) in [5, 5.41) is 44.0. The number of amides is 2. The van der Waals surface area contributed by atoms with Crippen LogP contribution < -0.4 is 21.3 Å². The molecule has 7 N–H and O–H groups in total. The minimum atomic E-state index is -1.69. The fourth-order valence-corrected chi connectivity index (χ4v) is 8.39. The summed E-state index contributed by atoms with van der Waals surface area (Å²) in [6, 6.07) is 6.90. The van der Waals surface area contributed by atoms with Gasteiger partial charge in [-0.2, -0.15) is 0 Å². The zero-order chi connectivity index (χ0) is 42.6. The van der Waals surface area contributed by atoms with Gasteiger partial charge in [0.15, 0.2) is 12.3 Å². The number of fused-ring (bicyclic) bond motifs is 2. The number of carboxylic acid groups (broad SMARTS) is 1. The first-order valence-electron chi connectivity index (χ1n) is 21.8. The minimum Gasteiger partial charge on any atom is -0.480 e. The molecule has 2 aromatic rings. The molecule has 0 bridgehead atoms. The maximum atomic E-state index is 13.3. The number of carbonyl (C=O) groups is 4. The zero-order valence-electron chi connectivity index (χ0n) is 35.5. The topological polar surface area (TPSA) is 215 Å². The first-order valence-corrected chi connectivity index (χ1v) is 21.8. The van der Waals surface area contributed by atoms with E-state index in [9.17, 15) is 34.5 Å². The van der Waals surface area contributed by atoms with Crippen molar-refractivity contribution in [2.75, 3.05) is 43.4 Å². The molecule has 0 radical (unpaired) electrons. The number of unbranched alkanes of at least 4 members (excludes halogenated alkanes) is 2. The number of pyridine rings is 2. The van der Waals surface area contributed by atoms with Gasteiger partial charge in [0.1, 0.15) is 11.6 Å². The average Bonchev–Trinajstić information content (AvgIpc) is 3.23. The molecule has 2 aromatic heterocycles. The lowest BCUT2D eigenvalue weighted by Crippen LogP contribution is -2.56. The molecule has 5 rings (SSSR count). The number of hydrogen-bond acceptors (Lipinski definition) is 12. The van der Waals surface area contributed by atoms with Crippen molar-refractivity contribution in [3.8, 4) is 0 Å². The highest BCUT2D eigenvalue weighted by atomic mass is 16.6. The van der Waals surface area contributed by atoms with Crippen molar-refractivity contribution in [1.29, 1.82) is 0 Å². The van der Waals surface area contributed by atoms with Crippen molar-refractivity contribution in [1.82, 2.24) is 25.5 Å². The van der Waals surface area contributed by atoms with Crippen molar-refractivity contribution in [2.45, 2.75) is 147 Å². The Morgan fingerprint density at radius 2 is 1.66 bits per heavy atom. The molecule has 0 aromatic carbocycles. The number of carbonyl (C=O) groups excluding carboxylic acids is 3. The molecule has 5 atom stereocenters. The Morgan fingerprint density at radius 3 is 2.34 bits per heavy atom. The highest BCUT2D eigenvalue weighted by Crippen LogP contribution is 2.33. The van der Waals surface area contributed by atoms with Crippen molar-refractivity contribution in [3.05, 3.63) is 46.8 Å². The van der Waals surface area contributed by atoms with Crippen LogP contribution in [0.2, 0.25) is 0 Å². The molecule has 1 saturated heterocycles. The minimum absolute atomic E-state index is 0.0327. The fraction of sp³-hybridized carbons (Fsp3) is 0.682. The molecule has 2 amide bonds. The van der Waals surface area contributed by atoms with Gasteiger partial charge in [-0.25, -0.2) is 14.8 Å². The molecule has 1 fully saturated rings. The summed E-state index contributed by atoms with van der Waals surface area (Å²) in [6.07, 6.45) is 9.96. The van der Waals surface area contributed by atoms with Crippen molar-refractivity contribution >= 4 is 35.4 Å². The predicted octanol–water partition coefficient (Wildman–Crippen LogP) is 4.13. The predicted molar refractivity (Wildman–Crippen MR) is 225 cm³/mol. The highest BCUT2D eigenvalue weighted by molar-refractivity contribution is 5.83. The van der Waals surface area contributed by atoms with E-state index in [1.54, 1.807) is 20.8 Å². The van der Waals surface area contributed by atoms with Gasteiger partial charge in [-0.1, -0.05) is 32.4 Å². The third-order valence-electron chi connectivity index (χ3n) is 12.6. The van der Waals surface area contributed by atoms with Crippen LogP contribution >= 0.6 is 0 Å².